The monoisotopic (exact) mass is 545 g/mol. The number of imidazole rings is 1. The molecule has 3 heterocycles. The number of alkyl halides is 3. The standard InChI is InChI=1S/C29H22F3N5OS/c30-29(31,32)20-9-5-19(6-10-20)15-37-17-34-25-27(33-14-13-18-7-11-21(38)12-8-18)35-26(36-28(25)37)23-16-39-24-4-2-1-3-22(23)24/h1-12,16-17,38H,13-15H2,(H,33,35,36). The van der Waals surface area contributed by atoms with Crippen molar-refractivity contribution in [1.29, 1.82) is 0 Å². The van der Waals surface area contributed by atoms with E-state index in [4.69, 9.17) is 9.97 Å². The van der Waals surface area contributed by atoms with Crippen LogP contribution in [0, 0.1) is 0 Å². The van der Waals surface area contributed by atoms with Crippen LogP contribution >= 0.6 is 11.3 Å². The van der Waals surface area contributed by atoms with Crippen LogP contribution in [0.15, 0.2) is 84.5 Å². The molecule has 10 heteroatoms. The third-order valence-electron chi connectivity index (χ3n) is 6.46. The minimum Gasteiger partial charge on any atom is -0.508 e. The molecule has 0 fully saturated rings. The number of hydrogen-bond acceptors (Lipinski definition) is 6. The summed E-state index contributed by atoms with van der Waals surface area (Å²) >= 11 is 1.61. The Balaban J connectivity index is 1.36. The van der Waals surface area contributed by atoms with Crippen LogP contribution in [0.2, 0.25) is 0 Å². The lowest BCUT2D eigenvalue weighted by atomic mass is 10.1. The normalized spacial score (nSPS) is 11.9. The van der Waals surface area contributed by atoms with Crippen molar-refractivity contribution in [3.63, 3.8) is 0 Å². The molecule has 3 aromatic heterocycles. The number of thiophene rings is 1. The van der Waals surface area contributed by atoms with E-state index >= 15 is 0 Å². The zero-order valence-corrected chi connectivity index (χ0v) is 21.3. The maximum atomic E-state index is 13.0. The van der Waals surface area contributed by atoms with Gasteiger partial charge in [-0.15, -0.1) is 11.3 Å². The highest BCUT2D eigenvalue weighted by Crippen LogP contribution is 2.34. The second-order valence-corrected chi connectivity index (χ2v) is 10.0. The van der Waals surface area contributed by atoms with E-state index in [1.807, 2.05) is 46.3 Å². The van der Waals surface area contributed by atoms with Crippen molar-refractivity contribution in [1.82, 2.24) is 19.5 Å². The van der Waals surface area contributed by atoms with Crippen LogP contribution in [0.4, 0.5) is 19.0 Å². The molecule has 6 nitrogen and oxygen atoms in total. The lowest BCUT2D eigenvalue weighted by molar-refractivity contribution is -0.137. The first-order chi connectivity index (χ1) is 18.8. The molecule has 0 saturated heterocycles. The maximum Gasteiger partial charge on any atom is 0.416 e. The fraction of sp³-hybridized carbons (Fsp3) is 0.138. The third-order valence-corrected chi connectivity index (χ3v) is 7.43. The summed E-state index contributed by atoms with van der Waals surface area (Å²) in [4.78, 5) is 14.3. The molecule has 39 heavy (non-hydrogen) atoms. The first kappa shape index (κ1) is 24.9. The molecule has 0 aliphatic rings. The molecule has 6 aromatic rings. The minimum atomic E-state index is -4.38. The van der Waals surface area contributed by atoms with E-state index < -0.39 is 11.7 Å². The summed E-state index contributed by atoms with van der Waals surface area (Å²) in [5, 5.41) is 16.0. The van der Waals surface area contributed by atoms with Crippen LogP contribution < -0.4 is 5.32 Å². The van der Waals surface area contributed by atoms with Crippen LogP contribution in [0.1, 0.15) is 16.7 Å². The molecule has 0 bridgehead atoms. The average molecular weight is 546 g/mol. The van der Waals surface area contributed by atoms with E-state index in [2.05, 4.69) is 10.3 Å². The number of anilines is 1. The predicted octanol–water partition coefficient (Wildman–Crippen LogP) is 7.14. The molecule has 0 atom stereocenters. The van der Waals surface area contributed by atoms with Crippen molar-refractivity contribution in [2.24, 2.45) is 0 Å². The molecule has 0 amide bonds. The van der Waals surface area contributed by atoms with Crippen LogP contribution in [0.25, 0.3) is 32.6 Å². The van der Waals surface area contributed by atoms with E-state index in [0.717, 1.165) is 33.3 Å². The minimum absolute atomic E-state index is 0.218. The Bertz CT molecular complexity index is 1760. The number of aromatic nitrogens is 4. The fourth-order valence-corrected chi connectivity index (χ4v) is 5.38. The zero-order valence-electron chi connectivity index (χ0n) is 20.5. The van der Waals surface area contributed by atoms with E-state index in [1.165, 1.54) is 12.1 Å². The molecular weight excluding hydrogens is 523 g/mol. The van der Waals surface area contributed by atoms with E-state index in [1.54, 1.807) is 29.8 Å². The Labute approximate surface area is 225 Å². The van der Waals surface area contributed by atoms with Gasteiger partial charge in [-0.25, -0.2) is 15.0 Å². The van der Waals surface area contributed by atoms with Crippen molar-refractivity contribution in [3.8, 4) is 17.1 Å². The predicted molar refractivity (Wildman–Crippen MR) is 147 cm³/mol. The summed E-state index contributed by atoms with van der Waals surface area (Å²) < 4.78 is 42.0. The van der Waals surface area contributed by atoms with Gasteiger partial charge in [0.1, 0.15) is 11.3 Å². The SMILES string of the molecule is Oc1ccc(CCNc2nc(-c3csc4ccccc34)nc3c2ncn3Cc2ccc(C(F)(F)F)cc2)cc1. The Hall–Kier alpha value is -4.44. The molecule has 2 N–H and O–H groups in total. The van der Waals surface area contributed by atoms with Gasteiger partial charge in [-0.2, -0.15) is 13.2 Å². The van der Waals surface area contributed by atoms with Gasteiger partial charge in [0.05, 0.1) is 18.4 Å². The van der Waals surface area contributed by atoms with E-state index in [9.17, 15) is 18.3 Å². The van der Waals surface area contributed by atoms with Gasteiger partial charge in [-0.3, -0.25) is 0 Å². The van der Waals surface area contributed by atoms with Gasteiger partial charge >= 0.3 is 6.18 Å². The Morgan fingerprint density at radius 1 is 0.897 bits per heavy atom. The molecule has 0 spiro atoms. The fourth-order valence-electron chi connectivity index (χ4n) is 4.44. The lowest BCUT2D eigenvalue weighted by Gasteiger charge is -2.11. The topological polar surface area (TPSA) is 75.9 Å². The number of fused-ring (bicyclic) bond motifs is 2. The molecule has 196 valence electrons. The highest BCUT2D eigenvalue weighted by Gasteiger charge is 2.30. The highest BCUT2D eigenvalue weighted by molar-refractivity contribution is 7.17. The number of halogens is 3. The second kappa shape index (κ2) is 10.0. The smallest absolute Gasteiger partial charge is 0.416 e. The van der Waals surface area contributed by atoms with Gasteiger partial charge in [-0.05, 0) is 47.9 Å². The van der Waals surface area contributed by atoms with Gasteiger partial charge in [0.2, 0.25) is 0 Å². The van der Waals surface area contributed by atoms with Crippen molar-refractivity contribution in [3.05, 3.63) is 101 Å². The number of nitrogens with one attached hydrogen (secondary N) is 1. The van der Waals surface area contributed by atoms with E-state index in [0.29, 0.717) is 47.9 Å². The Morgan fingerprint density at radius 2 is 1.64 bits per heavy atom. The van der Waals surface area contributed by atoms with Gasteiger partial charge in [0.25, 0.3) is 0 Å². The van der Waals surface area contributed by atoms with E-state index in [-0.39, 0.29) is 5.75 Å². The van der Waals surface area contributed by atoms with Crippen molar-refractivity contribution in [2.75, 3.05) is 11.9 Å². The van der Waals surface area contributed by atoms with Gasteiger partial charge in [0, 0.05) is 27.6 Å². The molecular formula is C29H22F3N5OS. The van der Waals surface area contributed by atoms with Gasteiger partial charge < -0.3 is 15.0 Å². The molecule has 6 rings (SSSR count). The zero-order chi connectivity index (χ0) is 27.0. The first-order valence-electron chi connectivity index (χ1n) is 12.2. The molecule has 0 saturated carbocycles. The largest absolute Gasteiger partial charge is 0.508 e. The molecule has 0 radical (unpaired) electrons. The molecule has 0 unspecified atom stereocenters. The number of benzene rings is 3. The Kier molecular flexibility index (Phi) is 6.40. The molecule has 3 aromatic carbocycles. The van der Waals surface area contributed by atoms with Crippen molar-refractivity contribution >= 4 is 38.4 Å². The number of phenols is 1. The van der Waals surface area contributed by atoms with Gasteiger partial charge in [0.15, 0.2) is 17.3 Å². The summed E-state index contributed by atoms with van der Waals surface area (Å²) in [6, 6.07) is 20.2. The maximum absolute atomic E-state index is 13.0. The van der Waals surface area contributed by atoms with Crippen LogP contribution in [-0.4, -0.2) is 31.2 Å². The first-order valence-corrected chi connectivity index (χ1v) is 13.1. The second-order valence-electron chi connectivity index (χ2n) is 9.12. The van der Waals surface area contributed by atoms with Crippen molar-refractivity contribution < 1.29 is 18.3 Å². The number of phenolic OH excluding ortho intramolecular Hbond substituents is 1. The summed E-state index contributed by atoms with van der Waals surface area (Å²) in [6.07, 6.45) is -2.04. The summed E-state index contributed by atoms with van der Waals surface area (Å²) in [5.74, 6) is 1.34. The van der Waals surface area contributed by atoms with Crippen LogP contribution in [0.5, 0.6) is 5.75 Å². The summed E-state index contributed by atoms with van der Waals surface area (Å²) in [7, 11) is 0. The number of rotatable bonds is 7. The van der Waals surface area contributed by atoms with Crippen molar-refractivity contribution in [2.45, 2.75) is 19.1 Å². The Morgan fingerprint density at radius 3 is 2.41 bits per heavy atom. The van der Waals surface area contributed by atoms with Crippen LogP contribution in [0.3, 0.4) is 0 Å². The third kappa shape index (κ3) is 5.15. The quantitative estimate of drug-likeness (QED) is 0.223. The number of hydrogen-bond donors (Lipinski definition) is 2. The lowest BCUT2D eigenvalue weighted by Crippen LogP contribution is -2.09. The van der Waals surface area contributed by atoms with Crippen LogP contribution in [-0.2, 0) is 19.1 Å². The van der Waals surface area contributed by atoms with Gasteiger partial charge in [-0.1, -0.05) is 42.5 Å². The highest BCUT2D eigenvalue weighted by atomic mass is 32.1. The summed E-state index contributed by atoms with van der Waals surface area (Å²) in [6.45, 7) is 0.884. The number of nitrogens with zero attached hydrogens (tertiary/aromatic N) is 4. The summed E-state index contributed by atoms with van der Waals surface area (Å²) in [5.41, 5.74) is 3.14. The molecule has 0 aliphatic carbocycles. The average Bonchev–Trinajstić information content (AvgIpc) is 3.54. The molecule has 0 aliphatic heterocycles. The number of aromatic hydroxyl groups is 1.